The van der Waals surface area contributed by atoms with E-state index in [1.165, 1.54) is 30.9 Å². The van der Waals surface area contributed by atoms with Gasteiger partial charge in [0.15, 0.2) is 10.7 Å². The van der Waals surface area contributed by atoms with Gasteiger partial charge >= 0.3 is 12.2 Å². The number of carbonyl (C=O) groups is 1. The Hall–Kier alpha value is -2.26. The van der Waals surface area contributed by atoms with Crippen molar-refractivity contribution in [3.8, 4) is 0 Å². The molecule has 1 aromatic heterocycles. The van der Waals surface area contributed by atoms with Gasteiger partial charge < -0.3 is 4.74 Å². The number of hydrogen-bond acceptors (Lipinski definition) is 4. The van der Waals surface area contributed by atoms with E-state index in [0.29, 0.717) is 22.1 Å². The summed E-state index contributed by atoms with van der Waals surface area (Å²) in [4.78, 5) is 15.9. The van der Waals surface area contributed by atoms with Crippen LogP contribution in [-0.4, -0.2) is 33.6 Å². The number of methoxy groups -OCH3 is 1. The summed E-state index contributed by atoms with van der Waals surface area (Å²) in [5.41, 5.74) is 0.366. The Morgan fingerprint density at radius 1 is 1.36 bits per heavy atom. The second-order valence-electron chi connectivity index (χ2n) is 7.10. The zero-order valence-electron chi connectivity index (χ0n) is 15.8. The van der Waals surface area contributed by atoms with Crippen LogP contribution in [0.1, 0.15) is 27.2 Å². The molecule has 1 aliphatic carbocycles. The number of carbonyl (C=O) groups excluding carboxylic acids is 1. The first-order chi connectivity index (χ1) is 13.1. The molecule has 1 spiro atoms. The minimum absolute atomic E-state index is 0.122. The first-order valence-electron chi connectivity index (χ1n) is 8.66. The van der Waals surface area contributed by atoms with Crippen LogP contribution in [-0.2, 0) is 9.53 Å². The van der Waals surface area contributed by atoms with Crippen LogP contribution >= 0.6 is 11.8 Å². The van der Waals surface area contributed by atoms with Crippen molar-refractivity contribution in [2.45, 2.75) is 44.1 Å². The van der Waals surface area contributed by atoms with Crippen LogP contribution < -0.4 is 4.48 Å². The first kappa shape index (κ1) is 19.1. The second kappa shape index (κ2) is 5.87. The van der Waals surface area contributed by atoms with Crippen molar-refractivity contribution >= 4 is 28.5 Å². The molecule has 0 saturated carbocycles. The second-order valence-corrected chi connectivity index (χ2v) is 8.30. The topological polar surface area (TPSA) is 44.1 Å². The molecule has 0 aromatic carbocycles. The molecule has 0 fully saturated rings. The Bertz CT molecular complexity index is 1020. The van der Waals surface area contributed by atoms with E-state index in [2.05, 4.69) is 4.98 Å². The maximum absolute atomic E-state index is 14.7. The SMILES string of the molecule is COC1=C(C)CC23C=CC=C[N+]2(C(F)(F)F)c2ncc(SC(C)=O)n2C3=C1C. The molecule has 0 radical (unpaired) electrons. The van der Waals surface area contributed by atoms with Gasteiger partial charge in [0.1, 0.15) is 22.7 Å². The molecule has 0 amide bonds. The fourth-order valence-corrected chi connectivity index (χ4v) is 5.42. The Balaban J connectivity index is 2.15. The van der Waals surface area contributed by atoms with Gasteiger partial charge in [-0.15, -0.1) is 17.7 Å². The molecule has 0 N–H and O–H groups in total. The molecule has 0 saturated heterocycles. The molecule has 1 aromatic rings. The molecule has 2 aliphatic heterocycles. The minimum atomic E-state index is -4.64. The fraction of sp³-hybridized carbons (Fsp3) is 0.368. The summed E-state index contributed by atoms with van der Waals surface area (Å²) in [5.74, 6) is 0.403. The number of allylic oxidation sites excluding steroid dienone is 3. The van der Waals surface area contributed by atoms with Gasteiger partial charge in [0, 0.05) is 18.9 Å². The van der Waals surface area contributed by atoms with Gasteiger partial charge in [0.05, 0.1) is 13.3 Å². The number of fused-ring (bicyclic) bond motifs is 3. The Morgan fingerprint density at radius 3 is 2.68 bits per heavy atom. The van der Waals surface area contributed by atoms with E-state index in [-0.39, 0.29) is 17.5 Å². The van der Waals surface area contributed by atoms with Crippen molar-refractivity contribution in [2.24, 2.45) is 0 Å². The Morgan fingerprint density at radius 2 is 2.07 bits per heavy atom. The quantitative estimate of drug-likeness (QED) is 0.401. The smallest absolute Gasteiger partial charge is 0.496 e. The highest BCUT2D eigenvalue weighted by Crippen LogP contribution is 2.62. The van der Waals surface area contributed by atoms with Gasteiger partial charge in [-0.2, -0.15) is 4.98 Å². The third-order valence-corrected chi connectivity index (χ3v) is 6.34. The van der Waals surface area contributed by atoms with E-state index in [9.17, 15) is 18.0 Å². The van der Waals surface area contributed by atoms with E-state index >= 15 is 0 Å². The highest BCUT2D eigenvalue weighted by Gasteiger charge is 2.76. The van der Waals surface area contributed by atoms with Gasteiger partial charge in [-0.1, -0.05) is 6.08 Å². The Labute approximate surface area is 164 Å². The average Bonchev–Trinajstić information content (AvgIpc) is 3.08. The van der Waals surface area contributed by atoms with E-state index in [1.54, 1.807) is 26.0 Å². The number of nitrogens with zero attached hydrogens (tertiary/aromatic N) is 3. The lowest BCUT2D eigenvalue weighted by Gasteiger charge is -2.45. The van der Waals surface area contributed by atoms with Crippen molar-refractivity contribution in [3.05, 3.63) is 47.5 Å². The number of hydrogen-bond donors (Lipinski definition) is 0. The summed E-state index contributed by atoms with van der Waals surface area (Å²) in [6.07, 6.45) is 2.61. The Kier molecular flexibility index (Phi) is 4.00. The van der Waals surface area contributed by atoms with E-state index in [0.717, 1.165) is 23.5 Å². The summed E-state index contributed by atoms with van der Waals surface area (Å²) in [7, 11) is 1.51. The molecule has 3 heterocycles. The predicted molar refractivity (Wildman–Crippen MR) is 101 cm³/mol. The molecule has 5 nitrogen and oxygen atoms in total. The first-order valence-corrected chi connectivity index (χ1v) is 9.47. The van der Waals surface area contributed by atoms with Gasteiger partial charge in [0.25, 0.3) is 0 Å². The maximum Gasteiger partial charge on any atom is 0.574 e. The molecule has 4 rings (SSSR count). The highest BCUT2D eigenvalue weighted by atomic mass is 32.2. The number of thioether (sulfide) groups is 1. The minimum Gasteiger partial charge on any atom is -0.496 e. The van der Waals surface area contributed by atoms with Crippen molar-refractivity contribution < 1.29 is 22.7 Å². The normalized spacial score (nSPS) is 28.4. The number of aromatic nitrogens is 2. The third kappa shape index (κ3) is 2.08. The van der Waals surface area contributed by atoms with Crippen LogP contribution in [0.25, 0.3) is 5.70 Å². The highest BCUT2D eigenvalue weighted by molar-refractivity contribution is 8.13. The number of quaternary nitrogens is 1. The van der Waals surface area contributed by atoms with Crippen LogP contribution in [0.4, 0.5) is 19.1 Å². The predicted octanol–water partition coefficient (Wildman–Crippen LogP) is 4.74. The van der Waals surface area contributed by atoms with Crippen LogP contribution in [0, 0.1) is 0 Å². The molecule has 0 bridgehead atoms. The number of halogens is 3. The van der Waals surface area contributed by atoms with Crippen molar-refractivity contribution in [3.63, 3.8) is 0 Å². The number of ether oxygens (including phenoxy) is 1. The molecular weight excluding hydrogens is 391 g/mol. The summed E-state index contributed by atoms with van der Waals surface area (Å²) >= 11 is 0.874. The van der Waals surface area contributed by atoms with E-state index in [4.69, 9.17) is 4.74 Å². The average molecular weight is 410 g/mol. The number of rotatable bonds is 2. The fourth-order valence-electron chi connectivity index (χ4n) is 4.76. The molecule has 3 aliphatic rings. The number of alkyl halides is 3. The number of imidazole rings is 1. The summed E-state index contributed by atoms with van der Waals surface area (Å²) in [5, 5.41) is 0.142. The molecular formula is C19H19F3N3O2S+. The molecule has 2 atom stereocenters. The lowest BCUT2D eigenvalue weighted by molar-refractivity contribution is -0.236. The summed E-state index contributed by atoms with van der Waals surface area (Å²) in [6, 6.07) is 0. The van der Waals surface area contributed by atoms with Crippen LogP contribution in [0.5, 0.6) is 0 Å². The van der Waals surface area contributed by atoms with Gasteiger partial charge in [-0.05, 0) is 43.3 Å². The van der Waals surface area contributed by atoms with Crippen molar-refractivity contribution in [1.82, 2.24) is 14.0 Å². The molecule has 28 heavy (non-hydrogen) atoms. The van der Waals surface area contributed by atoms with Gasteiger partial charge in [-0.3, -0.25) is 4.79 Å². The monoisotopic (exact) mass is 410 g/mol. The lowest BCUT2D eigenvalue weighted by atomic mass is 9.77. The van der Waals surface area contributed by atoms with Gasteiger partial charge in [-0.25, -0.2) is 4.57 Å². The van der Waals surface area contributed by atoms with E-state index in [1.807, 2.05) is 0 Å². The van der Waals surface area contributed by atoms with Crippen molar-refractivity contribution in [1.29, 1.82) is 0 Å². The summed E-state index contributed by atoms with van der Waals surface area (Å²) < 4.78 is 49.8. The van der Waals surface area contributed by atoms with Crippen LogP contribution in [0.15, 0.2) is 52.6 Å². The van der Waals surface area contributed by atoms with Gasteiger partial charge in [0.2, 0.25) is 0 Å². The standard InChI is InChI=1S/C19H19F3N3O2S/c1-11-9-18-7-5-6-8-25(18,19(20,21)22)17-23-10-14(28-13(3)26)24(17)16(18)12(2)15(11)27-4/h5-8,10H,9H2,1-4H3/q+1. The maximum atomic E-state index is 14.7. The molecule has 2 unspecified atom stereocenters. The van der Waals surface area contributed by atoms with Crippen LogP contribution in [0.2, 0.25) is 0 Å². The zero-order chi connectivity index (χ0) is 20.5. The summed E-state index contributed by atoms with van der Waals surface area (Å²) in [6.45, 7) is 4.92. The van der Waals surface area contributed by atoms with Crippen molar-refractivity contribution in [2.75, 3.05) is 7.11 Å². The van der Waals surface area contributed by atoms with E-state index < -0.39 is 16.3 Å². The lowest BCUT2D eigenvalue weighted by Crippen LogP contribution is -2.68. The largest absolute Gasteiger partial charge is 0.574 e. The third-order valence-electron chi connectivity index (χ3n) is 5.55. The molecule has 148 valence electrons. The van der Waals surface area contributed by atoms with Crippen LogP contribution in [0.3, 0.4) is 0 Å². The molecule has 9 heteroatoms. The zero-order valence-corrected chi connectivity index (χ0v) is 16.6.